The second kappa shape index (κ2) is 5.82. The Morgan fingerprint density at radius 2 is 2.12 bits per heavy atom. The van der Waals surface area contributed by atoms with Gasteiger partial charge in [0.2, 0.25) is 10.0 Å². The minimum atomic E-state index is -3.37. The number of carboxylic acid groups (broad SMARTS) is 1. The predicted molar refractivity (Wildman–Crippen MR) is 87.9 cm³/mol. The molecule has 3 rings (SSSR count). The molecule has 0 spiro atoms. The Hall–Kier alpha value is -1.45. The van der Waals surface area contributed by atoms with Gasteiger partial charge in [-0.3, -0.25) is 9.69 Å². The summed E-state index contributed by atoms with van der Waals surface area (Å²) in [6.45, 7) is 5.99. The summed E-state index contributed by atoms with van der Waals surface area (Å²) in [5, 5.41) is 9.78. The van der Waals surface area contributed by atoms with Crippen molar-refractivity contribution in [1.82, 2.24) is 18.8 Å². The first-order valence-corrected chi connectivity index (χ1v) is 9.91. The molecule has 0 unspecified atom stereocenters. The second-order valence-electron chi connectivity index (χ2n) is 7.23. The molecule has 0 bridgehead atoms. The van der Waals surface area contributed by atoms with Crippen molar-refractivity contribution >= 4 is 16.0 Å². The average molecular weight is 356 g/mol. The molecule has 1 aromatic heterocycles. The van der Waals surface area contributed by atoms with Crippen LogP contribution < -0.4 is 0 Å². The summed E-state index contributed by atoms with van der Waals surface area (Å²) < 4.78 is 27.0. The van der Waals surface area contributed by atoms with Gasteiger partial charge in [-0.1, -0.05) is 0 Å². The summed E-state index contributed by atoms with van der Waals surface area (Å²) in [6.07, 6.45) is 4.82. The normalized spacial score (nSPS) is 28.6. The number of sulfonamides is 1. The molecule has 0 radical (unpaired) electrons. The lowest BCUT2D eigenvalue weighted by Crippen LogP contribution is -2.41. The van der Waals surface area contributed by atoms with Gasteiger partial charge in [0.1, 0.15) is 5.82 Å². The van der Waals surface area contributed by atoms with Gasteiger partial charge in [0, 0.05) is 50.5 Å². The summed E-state index contributed by atoms with van der Waals surface area (Å²) in [4.78, 5) is 18.4. The van der Waals surface area contributed by atoms with E-state index in [2.05, 4.69) is 28.3 Å². The summed E-state index contributed by atoms with van der Waals surface area (Å²) in [6, 6.07) is 0.291. The largest absolute Gasteiger partial charge is 0.481 e. The highest BCUT2D eigenvalue weighted by Crippen LogP contribution is 2.44. The molecule has 134 valence electrons. The van der Waals surface area contributed by atoms with E-state index in [4.69, 9.17) is 0 Å². The van der Waals surface area contributed by atoms with Gasteiger partial charge in [0.25, 0.3) is 0 Å². The van der Waals surface area contributed by atoms with Gasteiger partial charge in [0.05, 0.1) is 18.2 Å². The Morgan fingerprint density at radius 1 is 1.42 bits per heavy atom. The highest BCUT2D eigenvalue weighted by Gasteiger charge is 2.59. The van der Waals surface area contributed by atoms with Crippen molar-refractivity contribution in [2.24, 2.45) is 11.3 Å². The first kappa shape index (κ1) is 17.4. The number of hydrogen-bond acceptors (Lipinski definition) is 5. The molecule has 0 saturated carbocycles. The van der Waals surface area contributed by atoms with E-state index in [0.29, 0.717) is 25.7 Å². The minimum absolute atomic E-state index is 0.0565. The van der Waals surface area contributed by atoms with Crippen LogP contribution in [0.5, 0.6) is 0 Å². The van der Waals surface area contributed by atoms with Crippen LogP contribution in [-0.4, -0.2) is 70.7 Å². The number of hydrogen-bond donors (Lipinski definition) is 1. The SMILES string of the molecule is CC(C)n1ccnc1CN1C[C@H]2CN(S(C)(=O)=O)C[C@@]2(C(=O)O)C1. The number of nitrogens with zero attached hydrogens (tertiary/aromatic N) is 4. The van der Waals surface area contributed by atoms with E-state index in [9.17, 15) is 18.3 Å². The van der Waals surface area contributed by atoms with E-state index in [1.807, 2.05) is 6.20 Å². The maximum absolute atomic E-state index is 11.9. The maximum Gasteiger partial charge on any atom is 0.312 e. The van der Waals surface area contributed by atoms with Crippen molar-refractivity contribution < 1.29 is 18.3 Å². The van der Waals surface area contributed by atoms with E-state index in [1.165, 1.54) is 4.31 Å². The molecule has 0 amide bonds. The van der Waals surface area contributed by atoms with E-state index >= 15 is 0 Å². The fourth-order valence-corrected chi connectivity index (χ4v) is 4.85. The van der Waals surface area contributed by atoms with E-state index in [1.54, 1.807) is 6.20 Å². The van der Waals surface area contributed by atoms with Crippen LogP contribution >= 0.6 is 0 Å². The summed E-state index contributed by atoms with van der Waals surface area (Å²) in [7, 11) is -3.37. The van der Waals surface area contributed by atoms with E-state index < -0.39 is 21.4 Å². The number of carboxylic acids is 1. The Labute approximate surface area is 142 Å². The molecule has 0 aromatic carbocycles. The van der Waals surface area contributed by atoms with Gasteiger partial charge in [-0.05, 0) is 13.8 Å². The van der Waals surface area contributed by atoms with Crippen molar-refractivity contribution in [1.29, 1.82) is 0 Å². The summed E-state index contributed by atoms with van der Waals surface area (Å²) in [5.41, 5.74) is -1.02. The number of aromatic nitrogens is 2. The van der Waals surface area contributed by atoms with Crippen LogP contribution in [0.4, 0.5) is 0 Å². The lowest BCUT2D eigenvalue weighted by Gasteiger charge is -2.25. The van der Waals surface area contributed by atoms with E-state index in [0.717, 1.165) is 12.1 Å². The lowest BCUT2D eigenvalue weighted by atomic mass is 9.81. The standard InChI is InChI=1S/C15H24N4O4S/c1-11(2)19-5-4-16-13(19)8-17-6-12-7-18(24(3,22)23)10-15(12,9-17)14(20)21/h4-5,11-12H,6-10H2,1-3H3,(H,20,21)/t12-,15-/m0/s1. The number of carbonyl (C=O) groups is 1. The van der Waals surface area contributed by atoms with Crippen molar-refractivity contribution in [3.05, 3.63) is 18.2 Å². The Morgan fingerprint density at radius 3 is 2.67 bits per heavy atom. The molecule has 1 aromatic rings. The molecule has 0 aliphatic carbocycles. The summed E-state index contributed by atoms with van der Waals surface area (Å²) >= 11 is 0. The zero-order valence-corrected chi connectivity index (χ0v) is 15.0. The van der Waals surface area contributed by atoms with E-state index in [-0.39, 0.29) is 19.0 Å². The molecule has 1 N–H and O–H groups in total. The molecule has 2 fully saturated rings. The molecular weight excluding hydrogens is 332 g/mol. The quantitative estimate of drug-likeness (QED) is 0.812. The third kappa shape index (κ3) is 2.84. The minimum Gasteiger partial charge on any atom is -0.481 e. The Balaban J connectivity index is 1.79. The monoisotopic (exact) mass is 356 g/mol. The molecular formula is C15H24N4O4S. The molecule has 2 saturated heterocycles. The van der Waals surface area contributed by atoms with Crippen LogP contribution in [0.25, 0.3) is 0 Å². The maximum atomic E-state index is 11.9. The van der Waals surface area contributed by atoms with Gasteiger partial charge < -0.3 is 9.67 Å². The number of aliphatic carboxylic acids is 1. The van der Waals surface area contributed by atoms with Crippen molar-refractivity contribution in [2.45, 2.75) is 26.4 Å². The number of likely N-dealkylation sites (tertiary alicyclic amines) is 1. The highest BCUT2D eigenvalue weighted by atomic mass is 32.2. The summed E-state index contributed by atoms with van der Waals surface area (Å²) in [5.74, 6) is -0.189. The van der Waals surface area contributed by atoms with Gasteiger partial charge in [0.15, 0.2) is 0 Å². The molecule has 2 atom stereocenters. The van der Waals surface area contributed by atoms with Crippen LogP contribution in [0.2, 0.25) is 0 Å². The predicted octanol–water partition coefficient (Wildman–Crippen LogP) is 0.242. The Bertz CT molecular complexity index is 744. The molecule has 9 heteroatoms. The first-order valence-electron chi connectivity index (χ1n) is 8.06. The second-order valence-corrected chi connectivity index (χ2v) is 9.21. The highest BCUT2D eigenvalue weighted by molar-refractivity contribution is 7.88. The van der Waals surface area contributed by atoms with Crippen LogP contribution in [0, 0.1) is 11.3 Å². The topological polar surface area (TPSA) is 95.7 Å². The molecule has 24 heavy (non-hydrogen) atoms. The van der Waals surface area contributed by atoms with Gasteiger partial charge in [-0.2, -0.15) is 0 Å². The zero-order valence-electron chi connectivity index (χ0n) is 14.2. The number of fused-ring (bicyclic) bond motifs is 1. The van der Waals surface area contributed by atoms with Gasteiger partial charge in [-0.15, -0.1) is 0 Å². The van der Waals surface area contributed by atoms with Gasteiger partial charge in [-0.25, -0.2) is 17.7 Å². The molecule has 3 heterocycles. The van der Waals surface area contributed by atoms with Crippen LogP contribution in [0.1, 0.15) is 25.7 Å². The fourth-order valence-electron chi connectivity index (χ4n) is 3.94. The van der Waals surface area contributed by atoms with Crippen LogP contribution in [-0.2, 0) is 21.4 Å². The molecule has 8 nitrogen and oxygen atoms in total. The Kier molecular flexibility index (Phi) is 4.21. The van der Waals surface area contributed by atoms with Gasteiger partial charge >= 0.3 is 5.97 Å². The van der Waals surface area contributed by atoms with Crippen LogP contribution in [0.15, 0.2) is 12.4 Å². The smallest absolute Gasteiger partial charge is 0.312 e. The number of imidazole rings is 1. The molecule has 2 aliphatic rings. The zero-order chi connectivity index (χ0) is 17.7. The first-order chi connectivity index (χ1) is 11.1. The van der Waals surface area contributed by atoms with Crippen molar-refractivity contribution in [3.8, 4) is 0 Å². The van der Waals surface area contributed by atoms with Crippen molar-refractivity contribution in [3.63, 3.8) is 0 Å². The number of rotatable bonds is 5. The third-order valence-corrected chi connectivity index (χ3v) is 6.43. The molecule has 2 aliphatic heterocycles. The van der Waals surface area contributed by atoms with Crippen molar-refractivity contribution in [2.75, 3.05) is 32.4 Å². The average Bonchev–Trinajstić information content (AvgIpc) is 3.09. The third-order valence-electron chi connectivity index (χ3n) is 5.21. The fraction of sp³-hybridized carbons (Fsp3) is 0.733. The lowest BCUT2D eigenvalue weighted by molar-refractivity contribution is -0.148. The van der Waals surface area contributed by atoms with Crippen LogP contribution in [0.3, 0.4) is 0 Å².